The number of hydrogen-bond donors (Lipinski definition) is 2. The summed E-state index contributed by atoms with van der Waals surface area (Å²) in [4.78, 5) is 6.88. The molecule has 0 amide bonds. The Morgan fingerprint density at radius 1 is 1.29 bits per heavy atom. The first kappa shape index (κ1) is 17.1. The van der Waals surface area contributed by atoms with Gasteiger partial charge in [0.15, 0.2) is 0 Å². The van der Waals surface area contributed by atoms with Crippen LogP contribution in [0.3, 0.4) is 0 Å². The van der Waals surface area contributed by atoms with Gasteiger partial charge in [0.25, 0.3) is 0 Å². The first-order chi connectivity index (χ1) is 11.5. The van der Waals surface area contributed by atoms with Gasteiger partial charge in [-0.15, -0.1) is 0 Å². The molecule has 1 unspecified atom stereocenters. The molecule has 1 aromatic heterocycles. The number of aromatic nitrogens is 2. The zero-order chi connectivity index (χ0) is 17.1. The lowest BCUT2D eigenvalue weighted by Crippen LogP contribution is -2.34. The van der Waals surface area contributed by atoms with Crippen LogP contribution in [0.15, 0.2) is 30.5 Å². The Hall–Kier alpha value is -1.70. The van der Waals surface area contributed by atoms with Gasteiger partial charge in [-0.3, -0.25) is 4.55 Å². The van der Waals surface area contributed by atoms with Crippen LogP contribution in [0.1, 0.15) is 35.6 Å². The smallest absolute Gasteiger partial charge is 0.232 e. The van der Waals surface area contributed by atoms with Crippen molar-refractivity contribution in [2.75, 3.05) is 18.0 Å². The van der Waals surface area contributed by atoms with Crippen LogP contribution in [0.4, 0.5) is 5.95 Å². The van der Waals surface area contributed by atoms with E-state index in [1.165, 1.54) is 11.3 Å². The molecule has 2 N–H and O–H groups in total. The maximum atomic E-state index is 10.6. The van der Waals surface area contributed by atoms with Gasteiger partial charge >= 0.3 is 0 Å². The molecule has 3 rings (SSSR count). The summed E-state index contributed by atoms with van der Waals surface area (Å²) in [7, 11) is 2.07. The summed E-state index contributed by atoms with van der Waals surface area (Å²) < 4.78 is 24.1. The van der Waals surface area contributed by atoms with E-state index >= 15 is 0 Å². The monoisotopic (exact) mass is 348 g/mol. The molecule has 0 radical (unpaired) electrons. The maximum Gasteiger partial charge on any atom is 0.232 e. The number of nitrogens with zero attached hydrogens (tertiary/aromatic N) is 3. The Morgan fingerprint density at radius 3 is 2.50 bits per heavy atom. The van der Waals surface area contributed by atoms with Gasteiger partial charge in [-0.25, -0.2) is 13.9 Å². The van der Waals surface area contributed by atoms with Gasteiger partial charge in [0.05, 0.1) is 6.20 Å². The second kappa shape index (κ2) is 7.46. The quantitative estimate of drug-likeness (QED) is 0.814. The molecule has 0 aliphatic carbocycles. The highest BCUT2D eigenvalue weighted by atomic mass is 32.2. The second-order valence-corrected chi connectivity index (χ2v) is 7.12. The highest BCUT2D eigenvalue weighted by molar-refractivity contribution is 7.77. The van der Waals surface area contributed by atoms with Gasteiger partial charge in [0, 0.05) is 32.4 Å². The fourth-order valence-corrected chi connectivity index (χ4v) is 3.53. The van der Waals surface area contributed by atoms with Crippen LogP contribution in [-0.2, 0) is 24.9 Å². The number of rotatable bonds is 5. The lowest BCUT2D eigenvalue weighted by Gasteiger charge is -2.33. The minimum absolute atomic E-state index is 0.403. The second-order valence-electron chi connectivity index (χ2n) is 6.33. The van der Waals surface area contributed by atoms with E-state index in [0.29, 0.717) is 12.5 Å². The molecular weight excluding hydrogens is 324 g/mol. The van der Waals surface area contributed by atoms with Crippen LogP contribution < -0.4 is 9.62 Å². The van der Waals surface area contributed by atoms with E-state index in [2.05, 4.69) is 45.3 Å². The molecular formula is C17H24N4O2S. The third-order valence-electron chi connectivity index (χ3n) is 4.82. The van der Waals surface area contributed by atoms with Crippen LogP contribution in [0.5, 0.6) is 0 Å². The summed E-state index contributed by atoms with van der Waals surface area (Å²) in [5.74, 6) is 1.63. The number of aryl methyl sites for hydroxylation is 1. The third-order valence-corrected chi connectivity index (χ3v) is 5.22. The first-order valence-electron chi connectivity index (χ1n) is 8.21. The number of benzene rings is 1. The van der Waals surface area contributed by atoms with Gasteiger partial charge in [-0.2, -0.15) is 0 Å². The normalized spacial score (nSPS) is 17.2. The van der Waals surface area contributed by atoms with Crippen LogP contribution >= 0.6 is 0 Å². The number of imidazole rings is 1. The molecule has 7 heteroatoms. The van der Waals surface area contributed by atoms with Crippen molar-refractivity contribution in [2.45, 2.75) is 32.2 Å². The summed E-state index contributed by atoms with van der Waals surface area (Å²) in [6.45, 7) is 4.51. The Labute approximate surface area is 145 Å². The van der Waals surface area contributed by atoms with Crippen LogP contribution in [-0.4, -0.2) is 31.4 Å². The van der Waals surface area contributed by atoms with Crippen molar-refractivity contribution in [2.24, 2.45) is 7.05 Å². The molecule has 1 aliphatic rings. The number of nitrogens with one attached hydrogen (secondary N) is 1. The molecule has 2 aromatic rings. The average Bonchev–Trinajstić information content (AvgIpc) is 2.93. The van der Waals surface area contributed by atoms with Gasteiger partial charge in [0.1, 0.15) is 0 Å². The van der Waals surface area contributed by atoms with Crippen LogP contribution in [0.25, 0.3) is 0 Å². The maximum absolute atomic E-state index is 10.6. The largest absolute Gasteiger partial charge is 0.342 e. The van der Waals surface area contributed by atoms with E-state index in [4.69, 9.17) is 4.55 Å². The lowest BCUT2D eigenvalue weighted by molar-refractivity contribution is 0.495. The van der Waals surface area contributed by atoms with Crippen LogP contribution in [0, 0.1) is 6.92 Å². The summed E-state index contributed by atoms with van der Waals surface area (Å²) in [5, 5.41) is 0. The number of hydrogen-bond acceptors (Lipinski definition) is 3. The first-order valence-corrected chi connectivity index (χ1v) is 9.31. The molecule has 24 heavy (non-hydrogen) atoms. The van der Waals surface area contributed by atoms with Crippen molar-refractivity contribution in [3.63, 3.8) is 0 Å². The number of anilines is 1. The van der Waals surface area contributed by atoms with Crippen molar-refractivity contribution in [1.82, 2.24) is 14.3 Å². The fourth-order valence-electron chi connectivity index (χ4n) is 3.24. The molecule has 1 aliphatic heterocycles. The Bertz CT molecular complexity index is 706. The summed E-state index contributed by atoms with van der Waals surface area (Å²) in [6, 6.07) is 8.35. The minimum atomic E-state index is -1.96. The molecule has 0 bridgehead atoms. The Kier molecular flexibility index (Phi) is 5.33. The summed E-state index contributed by atoms with van der Waals surface area (Å²) in [6.07, 6.45) is 4.15. The number of piperidine rings is 1. The van der Waals surface area contributed by atoms with Gasteiger partial charge in [0.2, 0.25) is 17.2 Å². The molecule has 1 saturated heterocycles. The van der Waals surface area contributed by atoms with E-state index in [9.17, 15) is 4.21 Å². The van der Waals surface area contributed by atoms with E-state index in [0.717, 1.165) is 37.4 Å². The summed E-state index contributed by atoms with van der Waals surface area (Å²) in [5.41, 5.74) is 3.54. The molecule has 130 valence electrons. The lowest BCUT2D eigenvalue weighted by atomic mass is 9.89. The van der Waals surface area contributed by atoms with E-state index in [1.54, 1.807) is 0 Å². The highest BCUT2D eigenvalue weighted by Gasteiger charge is 2.23. The molecule has 1 fully saturated rings. The van der Waals surface area contributed by atoms with Gasteiger partial charge in [-0.1, -0.05) is 24.3 Å². The van der Waals surface area contributed by atoms with Crippen LogP contribution in [0.2, 0.25) is 0 Å². The van der Waals surface area contributed by atoms with Crippen molar-refractivity contribution in [3.8, 4) is 0 Å². The highest BCUT2D eigenvalue weighted by Crippen LogP contribution is 2.30. The van der Waals surface area contributed by atoms with Crippen molar-refractivity contribution < 1.29 is 8.76 Å². The molecule has 1 atom stereocenters. The zero-order valence-electron chi connectivity index (χ0n) is 14.1. The van der Waals surface area contributed by atoms with Gasteiger partial charge in [-0.05, 0) is 36.8 Å². The molecule has 0 spiro atoms. The van der Waals surface area contributed by atoms with E-state index in [1.807, 2.05) is 18.3 Å². The van der Waals surface area contributed by atoms with E-state index < -0.39 is 11.3 Å². The summed E-state index contributed by atoms with van der Waals surface area (Å²) >= 11 is -1.96. The van der Waals surface area contributed by atoms with E-state index in [-0.39, 0.29) is 0 Å². The predicted molar refractivity (Wildman–Crippen MR) is 96.2 cm³/mol. The van der Waals surface area contributed by atoms with Crippen molar-refractivity contribution in [1.29, 1.82) is 0 Å². The third kappa shape index (κ3) is 3.85. The fraction of sp³-hybridized carbons (Fsp3) is 0.471. The average molecular weight is 348 g/mol. The minimum Gasteiger partial charge on any atom is -0.342 e. The molecule has 0 saturated carbocycles. The standard InChI is InChI=1S/C17H24N4O2S/c1-13-11-18-17(20(13)2)21-9-7-16(8-10-21)15-5-3-14(4-6-15)12-19-24(22)23/h3-6,11,16,19H,7-10,12H2,1-2H3,(H,22,23). The molecule has 1 aromatic carbocycles. The topological polar surface area (TPSA) is 70.4 Å². The SMILES string of the molecule is Cc1cnc(N2CCC(c3ccc(CNS(=O)O)cc3)CC2)n1C. The Morgan fingerprint density at radius 2 is 1.96 bits per heavy atom. The molecule has 2 heterocycles. The molecule has 6 nitrogen and oxygen atoms in total. The van der Waals surface area contributed by atoms with Gasteiger partial charge < -0.3 is 9.47 Å². The van der Waals surface area contributed by atoms with Crippen molar-refractivity contribution in [3.05, 3.63) is 47.3 Å². The predicted octanol–water partition coefficient (Wildman–Crippen LogP) is 2.34. The Balaban J connectivity index is 1.58. The van der Waals surface area contributed by atoms with Crippen molar-refractivity contribution >= 4 is 17.2 Å². The zero-order valence-corrected chi connectivity index (χ0v) is 14.9.